The van der Waals surface area contributed by atoms with E-state index in [0.29, 0.717) is 0 Å². The molecular formula is C40H24N2S. The first-order valence-electron chi connectivity index (χ1n) is 14.7. The van der Waals surface area contributed by atoms with Crippen LogP contribution in [0.25, 0.3) is 85.9 Å². The van der Waals surface area contributed by atoms with Gasteiger partial charge in [0.1, 0.15) is 0 Å². The van der Waals surface area contributed by atoms with E-state index in [0.717, 1.165) is 0 Å². The summed E-state index contributed by atoms with van der Waals surface area (Å²) in [6, 6.07) is 53.2. The molecule has 10 rings (SSSR count). The Kier molecular flexibility index (Phi) is 4.63. The van der Waals surface area contributed by atoms with E-state index < -0.39 is 0 Å². The summed E-state index contributed by atoms with van der Waals surface area (Å²) in [6.45, 7) is 0. The molecule has 43 heavy (non-hydrogen) atoms. The highest BCUT2D eigenvalue weighted by molar-refractivity contribution is 7.26. The van der Waals surface area contributed by atoms with Crippen LogP contribution < -0.4 is 0 Å². The van der Waals surface area contributed by atoms with Crippen molar-refractivity contribution >= 4 is 85.9 Å². The molecular weight excluding hydrogens is 541 g/mol. The van der Waals surface area contributed by atoms with E-state index >= 15 is 0 Å². The molecule has 10 aromatic rings. The third kappa shape index (κ3) is 3.02. The van der Waals surface area contributed by atoms with E-state index in [-0.39, 0.29) is 0 Å². The molecule has 0 fully saturated rings. The van der Waals surface area contributed by atoms with Gasteiger partial charge in [-0.25, -0.2) is 0 Å². The van der Waals surface area contributed by atoms with Gasteiger partial charge in [-0.15, -0.1) is 11.3 Å². The van der Waals surface area contributed by atoms with Crippen LogP contribution in [0.2, 0.25) is 0 Å². The molecule has 0 saturated carbocycles. The summed E-state index contributed by atoms with van der Waals surface area (Å²) in [7, 11) is 0. The van der Waals surface area contributed by atoms with Gasteiger partial charge in [0, 0.05) is 48.1 Å². The highest BCUT2D eigenvalue weighted by atomic mass is 32.1. The first-order chi connectivity index (χ1) is 21.4. The molecule has 200 valence electrons. The van der Waals surface area contributed by atoms with Crippen LogP contribution in [-0.4, -0.2) is 9.13 Å². The van der Waals surface area contributed by atoms with E-state index in [4.69, 9.17) is 0 Å². The Morgan fingerprint density at radius 3 is 1.74 bits per heavy atom. The maximum absolute atomic E-state index is 2.54. The average Bonchev–Trinajstić information content (AvgIpc) is 3.73. The largest absolute Gasteiger partial charge is 0.309 e. The second-order valence-electron chi connectivity index (χ2n) is 11.3. The smallest absolute Gasteiger partial charge is 0.0647 e. The van der Waals surface area contributed by atoms with Gasteiger partial charge in [0.2, 0.25) is 0 Å². The van der Waals surface area contributed by atoms with Gasteiger partial charge < -0.3 is 9.13 Å². The van der Waals surface area contributed by atoms with E-state index in [9.17, 15) is 0 Å². The molecule has 0 N–H and O–H groups in total. The van der Waals surface area contributed by atoms with Crippen LogP contribution in [0.15, 0.2) is 146 Å². The highest BCUT2D eigenvalue weighted by Crippen LogP contribution is 2.48. The molecule has 0 aliphatic heterocycles. The van der Waals surface area contributed by atoms with Crippen LogP contribution in [0.4, 0.5) is 0 Å². The van der Waals surface area contributed by atoms with Gasteiger partial charge in [-0.1, -0.05) is 109 Å². The molecule has 7 aromatic carbocycles. The highest BCUT2D eigenvalue weighted by Gasteiger charge is 2.25. The monoisotopic (exact) mass is 564 g/mol. The number of rotatable bonds is 2. The summed E-state index contributed by atoms with van der Waals surface area (Å²) in [4.78, 5) is 0. The third-order valence-corrected chi connectivity index (χ3v) is 10.3. The molecule has 0 spiro atoms. The lowest BCUT2D eigenvalue weighted by molar-refractivity contribution is 1.18. The average molecular weight is 565 g/mol. The lowest BCUT2D eigenvalue weighted by atomic mass is 9.99. The van der Waals surface area contributed by atoms with Gasteiger partial charge in [0.25, 0.3) is 0 Å². The normalized spacial score (nSPS) is 12.2. The van der Waals surface area contributed by atoms with Crippen LogP contribution in [0, 0.1) is 0 Å². The van der Waals surface area contributed by atoms with Crippen molar-refractivity contribution in [2.75, 3.05) is 0 Å². The van der Waals surface area contributed by atoms with E-state index in [1.807, 2.05) is 11.3 Å². The number of hydrogen-bond acceptors (Lipinski definition) is 1. The van der Waals surface area contributed by atoms with Gasteiger partial charge >= 0.3 is 0 Å². The molecule has 0 aliphatic carbocycles. The van der Waals surface area contributed by atoms with Crippen molar-refractivity contribution in [3.8, 4) is 11.4 Å². The van der Waals surface area contributed by atoms with Crippen LogP contribution >= 0.6 is 11.3 Å². The lowest BCUT2D eigenvalue weighted by Gasteiger charge is -2.13. The second-order valence-corrected chi connectivity index (χ2v) is 12.3. The number of benzene rings is 7. The minimum Gasteiger partial charge on any atom is -0.309 e. The van der Waals surface area contributed by atoms with Crippen molar-refractivity contribution in [3.63, 3.8) is 0 Å². The molecule has 0 aliphatic rings. The molecule has 0 amide bonds. The second kappa shape index (κ2) is 8.57. The Bertz CT molecular complexity index is 2720. The molecule has 3 heteroatoms. The van der Waals surface area contributed by atoms with Crippen molar-refractivity contribution in [1.82, 2.24) is 9.13 Å². The van der Waals surface area contributed by atoms with Gasteiger partial charge in [-0.2, -0.15) is 0 Å². The third-order valence-electron chi connectivity index (χ3n) is 9.08. The fourth-order valence-corrected chi connectivity index (χ4v) is 8.60. The molecule has 2 nitrogen and oxygen atoms in total. The summed E-state index contributed by atoms with van der Waals surface area (Å²) in [6.07, 6.45) is 0. The van der Waals surface area contributed by atoms with Crippen LogP contribution in [0.1, 0.15) is 0 Å². The molecule has 0 bridgehead atoms. The molecule has 0 saturated heterocycles. The summed E-state index contributed by atoms with van der Waals surface area (Å²) in [5.41, 5.74) is 7.38. The molecule has 0 unspecified atom stereocenters. The molecule has 0 radical (unpaired) electrons. The lowest BCUT2D eigenvalue weighted by Crippen LogP contribution is -1.96. The number of fused-ring (bicyclic) bond motifs is 13. The molecule has 0 atom stereocenters. The van der Waals surface area contributed by atoms with Gasteiger partial charge in [0.05, 0.1) is 32.5 Å². The number of aromatic nitrogens is 2. The summed E-state index contributed by atoms with van der Waals surface area (Å²) < 4.78 is 7.66. The topological polar surface area (TPSA) is 9.86 Å². The maximum Gasteiger partial charge on any atom is 0.0647 e. The quantitative estimate of drug-likeness (QED) is 0.198. The van der Waals surface area contributed by atoms with Crippen LogP contribution in [0.3, 0.4) is 0 Å². The SMILES string of the molecule is c1ccc(-n2c3ccccc3c3c4ccccc4c4c(c5ccccc5n4-c4cccc5c4sc4ccccc45)c32)cc1. The van der Waals surface area contributed by atoms with Gasteiger partial charge in [0.15, 0.2) is 0 Å². The molecule has 3 aromatic heterocycles. The van der Waals surface area contributed by atoms with E-state index in [1.54, 1.807) is 0 Å². The first kappa shape index (κ1) is 23.2. The van der Waals surface area contributed by atoms with Crippen LogP contribution in [-0.2, 0) is 0 Å². The summed E-state index contributed by atoms with van der Waals surface area (Å²) >= 11 is 1.89. The Labute approximate surface area is 251 Å². The van der Waals surface area contributed by atoms with Crippen LogP contribution in [0.5, 0.6) is 0 Å². The minimum atomic E-state index is 1.17. The maximum atomic E-state index is 2.54. The zero-order valence-corrected chi connectivity index (χ0v) is 24.0. The Morgan fingerprint density at radius 1 is 0.372 bits per heavy atom. The Balaban J connectivity index is 1.52. The number of hydrogen-bond donors (Lipinski definition) is 0. The van der Waals surface area contributed by atoms with Crippen molar-refractivity contribution in [2.45, 2.75) is 0 Å². The van der Waals surface area contributed by atoms with Crippen molar-refractivity contribution in [2.24, 2.45) is 0 Å². The Hall–Kier alpha value is -5.38. The molecule has 3 heterocycles. The van der Waals surface area contributed by atoms with Crippen molar-refractivity contribution < 1.29 is 0 Å². The fraction of sp³-hybridized carbons (Fsp3) is 0. The zero-order valence-electron chi connectivity index (χ0n) is 23.2. The Morgan fingerprint density at radius 2 is 0.953 bits per heavy atom. The predicted molar refractivity (Wildman–Crippen MR) is 186 cm³/mol. The zero-order chi connectivity index (χ0) is 28.1. The standard InChI is InChI=1S/C40H24N2S/c1-2-13-25(14-3-1)41-32-21-9-6-18-30(32)36-27-16-4-5-17-28(27)38-37(39(36)41)31-19-7-10-22-33(31)42(38)34-23-12-20-29-26-15-8-11-24-35(26)43-40(29)34/h1-24H. The fourth-order valence-electron chi connectivity index (χ4n) is 7.40. The first-order valence-corrected chi connectivity index (χ1v) is 15.5. The minimum absolute atomic E-state index is 1.17. The van der Waals surface area contributed by atoms with E-state index in [1.165, 1.54) is 85.9 Å². The van der Waals surface area contributed by atoms with Gasteiger partial charge in [-0.3, -0.25) is 0 Å². The van der Waals surface area contributed by atoms with Gasteiger partial charge in [-0.05, 0) is 41.8 Å². The van der Waals surface area contributed by atoms with Crippen molar-refractivity contribution in [1.29, 1.82) is 0 Å². The van der Waals surface area contributed by atoms with Crippen molar-refractivity contribution in [3.05, 3.63) is 146 Å². The van der Waals surface area contributed by atoms with E-state index in [2.05, 4.69) is 155 Å². The number of thiophene rings is 1. The number of para-hydroxylation sites is 3. The number of nitrogens with zero attached hydrogens (tertiary/aromatic N) is 2. The summed E-state index contributed by atoms with van der Waals surface area (Å²) in [5, 5.41) is 10.3. The summed E-state index contributed by atoms with van der Waals surface area (Å²) in [5.74, 6) is 0. The predicted octanol–water partition coefficient (Wildman–Crippen LogP) is 11.4.